The summed E-state index contributed by atoms with van der Waals surface area (Å²) in [6.45, 7) is 3.90. The third-order valence-corrected chi connectivity index (χ3v) is 3.47. The van der Waals surface area contributed by atoms with Gasteiger partial charge in [0.25, 0.3) is 5.91 Å². The maximum Gasteiger partial charge on any atom is 0.310 e. The Hall–Kier alpha value is -2.11. The lowest BCUT2D eigenvalue weighted by atomic mass is 9.98. The Morgan fingerprint density at radius 3 is 2.58 bits per heavy atom. The van der Waals surface area contributed by atoms with Crippen LogP contribution in [0.4, 0.5) is 5.69 Å². The second-order valence-electron chi connectivity index (χ2n) is 5.41. The average molecular weight is 264 g/mol. The summed E-state index contributed by atoms with van der Waals surface area (Å²) < 4.78 is 0. The van der Waals surface area contributed by atoms with Gasteiger partial charge in [-0.25, -0.2) is 0 Å². The molecule has 1 aliphatic carbocycles. The van der Waals surface area contributed by atoms with Crippen LogP contribution in [0.5, 0.6) is 5.75 Å². The Bertz CT molecular complexity index is 535. The molecule has 0 radical (unpaired) electrons. The normalized spacial score (nSPS) is 15.1. The smallest absolute Gasteiger partial charge is 0.310 e. The molecule has 1 amide bonds. The summed E-state index contributed by atoms with van der Waals surface area (Å²) in [6, 6.07) is 3.60. The lowest BCUT2D eigenvalue weighted by molar-refractivity contribution is -0.385. The predicted octanol–water partition coefficient (Wildman–Crippen LogP) is 2.22. The van der Waals surface area contributed by atoms with E-state index in [-0.39, 0.29) is 17.0 Å². The van der Waals surface area contributed by atoms with Crippen molar-refractivity contribution in [3.05, 3.63) is 33.9 Å². The van der Waals surface area contributed by atoms with Gasteiger partial charge in [0.15, 0.2) is 5.75 Å². The zero-order valence-corrected chi connectivity index (χ0v) is 10.8. The van der Waals surface area contributed by atoms with Crippen molar-refractivity contribution in [2.75, 3.05) is 0 Å². The van der Waals surface area contributed by atoms with Gasteiger partial charge in [0.1, 0.15) is 0 Å². The number of rotatable bonds is 4. The molecule has 0 aromatic heterocycles. The van der Waals surface area contributed by atoms with Crippen molar-refractivity contribution < 1.29 is 14.8 Å². The first kappa shape index (κ1) is 13.3. The number of amides is 1. The minimum atomic E-state index is -0.689. The van der Waals surface area contributed by atoms with Crippen LogP contribution in [0.2, 0.25) is 0 Å². The zero-order chi connectivity index (χ0) is 14.2. The number of hydrogen-bond donors (Lipinski definition) is 2. The maximum atomic E-state index is 12.0. The van der Waals surface area contributed by atoms with Gasteiger partial charge in [0.05, 0.1) is 4.92 Å². The highest BCUT2D eigenvalue weighted by Gasteiger charge is 2.38. The Morgan fingerprint density at radius 1 is 1.47 bits per heavy atom. The average Bonchev–Trinajstić information content (AvgIpc) is 3.11. The molecule has 1 aliphatic rings. The summed E-state index contributed by atoms with van der Waals surface area (Å²) in [4.78, 5) is 21.9. The molecular formula is C13H16N2O4. The molecule has 0 aliphatic heterocycles. The number of phenolic OH excluding ortho intramolecular Hbond substituents is 1. The number of carbonyl (C=O) groups is 1. The summed E-state index contributed by atoms with van der Waals surface area (Å²) in [7, 11) is 0. The van der Waals surface area contributed by atoms with Crippen LogP contribution in [0.25, 0.3) is 0 Å². The van der Waals surface area contributed by atoms with Gasteiger partial charge in [0.2, 0.25) is 0 Å². The number of nitrogens with zero attached hydrogens (tertiary/aromatic N) is 1. The van der Waals surface area contributed by atoms with E-state index >= 15 is 0 Å². The molecule has 1 fully saturated rings. The number of aromatic hydroxyl groups is 1. The molecule has 19 heavy (non-hydrogen) atoms. The number of nitro benzene ring substituents is 1. The molecule has 0 bridgehead atoms. The molecule has 6 heteroatoms. The van der Waals surface area contributed by atoms with Crippen LogP contribution in [-0.4, -0.2) is 21.5 Å². The van der Waals surface area contributed by atoms with E-state index in [1.807, 2.05) is 13.8 Å². The Morgan fingerprint density at radius 2 is 2.11 bits per heavy atom. The molecule has 1 aromatic rings. The van der Waals surface area contributed by atoms with E-state index in [4.69, 9.17) is 0 Å². The van der Waals surface area contributed by atoms with E-state index in [1.54, 1.807) is 0 Å². The van der Waals surface area contributed by atoms with Crippen LogP contribution in [0, 0.1) is 16.0 Å². The molecule has 0 spiro atoms. The van der Waals surface area contributed by atoms with Crippen molar-refractivity contribution in [1.82, 2.24) is 5.32 Å². The lowest BCUT2D eigenvalue weighted by Gasteiger charge is -2.26. The van der Waals surface area contributed by atoms with Crippen molar-refractivity contribution in [3.8, 4) is 5.75 Å². The third-order valence-electron chi connectivity index (χ3n) is 3.47. The van der Waals surface area contributed by atoms with Gasteiger partial charge < -0.3 is 10.4 Å². The molecule has 0 heterocycles. The van der Waals surface area contributed by atoms with E-state index in [0.29, 0.717) is 5.92 Å². The van der Waals surface area contributed by atoms with Crippen LogP contribution >= 0.6 is 0 Å². The Balaban J connectivity index is 2.15. The second kappa shape index (κ2) is 4.53. The van der Waals surface area contributed by atoms with E-state index < -0.39 is 16.4 Å². The van der Waals surface area contributed by atoms with Crippen LogP contribution < -0.4 is 5.32 Å². The number of benzene rings is 1. The molecule has 102 valence electrons. The number of phenols is 1. The number of nitrogens with one attached hydrogen (secondary N) is 1. The van der Waals surface area contributed by atoms with Gasteiger partial charge in [-0.15, -0.1) is 0 Å². The fraction of sp³-hybridized carbons (Fsp3) is 0.462. The first-order valence-corrected chi connectivity index (χ1v) is 6.11. The first-order chi connectivity index (χ1) is 8.81. The van der Waals surface area contributed by atoms with Gasteiger partial charge in [-0.05, 0) is 44.7 Å². The topological polar surface area (TPSA) is 92.5 Å². The van der Waals surface area contributed by atoms with Gasteiger partial charge in [-0.3, -0.25) is 14.9 Å². The van der Waals surface area contributed by atoms with Crippen molar-refractivity contribution in [1.29, 1.82) is 0 Å². The second-order valence-corrected chi connectivity index (χ2v) is 5.41. The first-order valence-electron chi connectivity index (χ1n) is 6.11. The van der Waals surface area contributed by atoms with Gasteiger partial charge in [0, 0.05) is 17.2 Å². The number of carbonyl (C=O) groups excluding carboxylic acids is 1. The zero-order valence-electron chi connectivity index (χ0n) is 10.8. The highest BCUT2D eigenvalue weighted by molar-refractivity contribution is 5.95. The molecule has 0 saturated heterocycles. The SMILES string of the molecule is CC(C)(NC(=O)c1ccc([N+](=O)[O-])c(O)c1)C1CC1. The maximum absolute atomic E-state index is 12.0. The van der Waals surface area contributed by atoms with Crippen LogP contribution in [0.15, 0.2) is 18.2 Å². The molecule has 1 aromatic carbocycles. The monoisotopic (exact) mass is 264 g/mol. The van der Waals surface area contributed by atoms with Crippen LogP contribution in [0.1, 0.15) is 37.0 Å². The van der Waals surface area contributed by atoms with Gasteiger partial charge in [-0.1, -0.05) is 0 Å². The fourth-order valence-electron chi connectivity index (χ4n) is 2.09. The number of hydrogen-bond acceptors (Lipinski definition) is 4. The summed E-state index contributed by atoms with van der Waals surface area (Å²) in [6.07, 6.45) is 2.19. The highest BCUT2D eigenvalue weighted by atomic mass is 16.6. The summed E-state index contributed by atoms with van der Waals surface area (Å²) >= 11 is 0. The van der Waals surface area contributed by atoms with Crippen LogP contribution in [-0.2, 0) is 0 Å². The lowest BCUT2D eigenvalue weighted by Crippen LogP contribution is -2.45. The summed E-state index contributed by atoms with van der Waals surface area (Å²) in [5.74, 6) is -0.355. The van der Waals surface area contributed by atoms with Crippen LogP contribution in [0.3, 0.4) is 0 Å². The van der Waals surface area contributed by atoms with Crippen molar-refractivity contribution in [2.45, 2.75) is 32.2 Å². The minimum absolute atomic E-state index is 0.219. The molecule has 6 nitrogen and oxygen atoms in total. The predicted molar refractivity (Wildman–Crippen MR) is 69.0 cm³/mol. The van der Waals surface area contributed by atoms with Crippen molar-refractivity contribution >= 4 is 11.6 Å². The van der Waals surface area contributed by atoms with E-state index in [2.05, 4.69) is 5.32 Å². The van der Waals surface area contributed by atoms with Crippen molar-refractivity contribution in [2.24, 2.45) is 5.92 Å². The van der Waals surface area contributed by atoms with E-state index in [0.717, 1.165) is 25.0 Å². The van der Waals surface area contributed by atoms with Gasteiger partial charge >= 0.3 is 5.69 Å². The Labute approximate surface area is 110 Å². The largest absolute Gasteiger partial charge is 0.502 e. The molecule has 0 atom stereocenters. The van der Waals surface area contributed by atoms with Crippen molar-refractivity contribution in [3.63, 3.8) is 0 Å². The fourth-order valence-corrected chi connectivity index (χ4v) is 2.09. The number of nitro groups is 1. The van der Waals surface area contributed by atoms with Gasteiger partial charge in [-0.2, -0.15) is 0 Å². The molecule has 1 saturated carbocycles. The van der Waals surface area contributed by atoms with E-state index in [1.165, 1.54) is 6.07 Å². The standard InChI is InChI=1S/C13H16N2O4/c1-13(2,9-4-5-9)14-12(17)8-3-6-10(15(18)19)11(16)7-8/h3,6-7,9,16H,4-5H2,1-2H3,(H,14,17). The molecule has 0 unspecified atom stereocenters. The van der Waals surface area contributed by atoms with E-state index in [9.17, 15) is 20.0 Å². The molecule has 2 rings (SSSR count). The molecule has 2 N–H and O–H groups in total. The quantitative estimate of drug-likeness (QED) is 0.644. The summed E-state index contributed by atoms with van der Waals surface area (Å²) in [5, 5.41) is 23.0. The summed E-state index contributed by atoms with van der Waals surface area (Å²) in [5.41, 5.74) is -0.482. The molecular weight excluding hydrogens is 248 g/mol. The third kappa shape index (κ3) is 2.83. The minimum Gasteiger partial charge on any atom is -0.502 e. The highest BCUT2D eigenvalue weighted by Crippen LogP contribution is 2.39. The Kier molecular flexibility index (Phi) is 3.18.